The minimum atomic E-state index is -0.650. The number of rotatable bonds is 10. The van der Waals surface area contributed by atoms with Gasteiger partial charge in [-0.3, -0.25) is 9.59 Å². The molecule has 2 aliphatic rings. The number of aliphatic hydroxyl groups is 1. The van der Waals surface area contributed by atoms with E-state index in [2.05, 4.69) is 6.92 Å². The maximum absolute atomic E-state index is 13.3. The number of aliphatic hydroxyl groups excluding tert-OH is 1. The first kappa shape index (κ1) is 24.8. The second kappa shape index (κ2) is 11.4. The van der Waals surface area contributed by atoms with Crippen LogP contribution in [0, 0.1) is 0 Å². The van der Waals surface area contributed by atoms with Crippen molar-refractivity contribution in [1.82, 2.24) is 4.90 Å². The highest BCUT2D eigenvalue weighted by Crippen LogP contribution is 2.44. The number of amides is 1. The van der Waals surface area contributed by atoms with Crippen LogP contribution in [0.25, 0.3) is 5.76 Å². The van der Waals surface area contributed by atoms with Gasteiger partial charge < -0.3 is 19.5 Å². The quantitative estimate of drug-likeness (QED) is 0.196. The minimum absolute atomic E-state index is 0.0172. The summed E-state index contributed by atoms with van der Waals surface area (Å²) in [4.78, 5) is 28.2. The number of hydrogen-bond acceptors (Lipinski definition) is 5. The fourth-order valence-electron chi connectivity index (χ4n) is 5.08. The molecule has 1 N–H and O–H groups in total. The van der Waals surface area contributed by atoms with E-state index in [1.807, 2.05) is 31.2 Å². The smallest absolute Gasteiger partial charge is 0.295 e. The number of Topliss-reactive ketones (excluding diaryl/α,β-unsaturated/α-hetero) is 1. The number of ketones is 1. The van der Waals surface area contributed by atoms with Crippen LogP contribution in [0.3, 0.4) is 0 Å². The first-order valence-electron chi connectivity index (χ1n) is 12.8. The van der Waals surface area contributed by atoms with Gasteiger partial charge in [-0.1, -0.05) is 44.7 Å². The summed E-state index contributed by atoms with van der Waals surface area (Å²) in [5.74, 6) is 0.0482. The molecule has 0 radical (unpaired) electrons. The first-order chi connectivity index (χ1) is 17.0. The van der Waals surface area contributed by atoms with Gasteiger partial charge in [-0.2, -0.15) is 0 Å². The van der Waals surface area contributed by atoms with Gasteiger partial charge in [0, 0.05) is 11.6 Å². The lowest BCUT2D eigenvalue weighted by Crippen LogP contribution is -2.37. The van der Waals surface area contributed by atoms with Crippen LogP contribution in [0.5, 0.6) is 11.5 Å². The third-order valence-corrected chi connectivity index (χ3v) is 6.83. The Labute approximate surface area is 207 Å². The molecule has 35 heavy (non-hydrogen) atoms. The van der Waals surface area contributed by atoms with Gasteiger partial charge >= 0.3 is 0 Å². The summed E-state index contributed by atoms with van der Waals surface area (Å²) in [7, 11) is 0. The second-order valence-corrected chi connectivity index (χ2v) is 9.23. The van der Waals surface area contributed by atoms with Gasteiger partial charge in [0.05, 0.1) is 24.8 Å². The maximum atomic E-state index is 13.3. The topological polar surface area (TPSA) is 76.1 Å². The molecule has 1 heterocycles. The number of unbranched alkanes of at least 4 members (excludes halogenated alkanes) is 2. The molecule has 1 atom stereocenters. The molecule has 2 aromatic carbocycles. The Morgan fingerprint density at radius 3 is 2.40 bits per heavy atom. The predicted molar refractivity (Wildman–Crippen MR) is 135 cm³/mol. The van der Waals surface area contributed by atoms with E-state index in [1.54, 1.807) is 29.2 Å². The zero-order valence-electron chi connectivity index (χ0n) is 20.7. The summed E-state index contributed by atoms with van der Waals surface area (Å²) >= 11 is 0. The minimum Gasteiger partial charge on any atom is -0.507 e. The van der Waals surface area contributed by atoms with Crippen molar-refractivity contribution in [2.75, 3.05) is 13.2 Å². The van der Waals surface area contributed by atoms with E-state index in [-0.39, 0.29) is 17.4 Å². The SMILES string of the molecule is CCCCCOc1ccc(/C(O)=C2/C(=O)C(=O)N(C3CCCC3)C2c2cccc(OCC)c2)cc1. The number of carbonyl (C=O) groups is 2. The lowest BCUT2D eigenvalue weighted by Gasteiger charge is -2.31. The Bertz CT molecular complexity index is 1070. The molecule has 186 valence electrons. The fraction of sp³-hybridized carbons (Fsp3) is 0.448. The summed E-state index contributed by atoms with van der Waals surface area (Å²) in [6, 6.07) is 13.9. The van der Waals surface area contributed by atoms with Crippen molar-refractivity contribution in [1.29, 1.82) is 0 Å². The molecule has 1 unspecified atom stereocenters. The number of nitrogens with zero attached hydrogens (tertiary/aromatic N) is 1. The van der Waals surface area contributed by atoms with Crippen molar-refractivity contribution in [2.45, 2.75) is 70.9 Å². The Hall–Kier alpha value is -3.28. The lowest BCUT2D eigenvalue weighted by molar-refractivity contribution is -0.141. The van der Waals surface area contributed by atoms with Crippen LogP contribution in [-0.4, -0.2) is 41.0 Å². The van der Waals surface area contributed by atoms with E-state index in [9.17, 15) is 14.7 Å². The molecule has 0 spiro atoms. The molecule has 1 saturated carbocycles. The Morgan fingerprint density at radius 1 is 0.971 bits per heavy atom. The molecule has 1 aliphatic heterocycles. The van der Waals surface area contributed by atoms with Crippen LogP contribution >= 0.6 is 0 Å². The summed E-state index contributed by atoms with van der Waals surface area (Å²) in [6.45, 7) is 5.21. The largest absolute Gasteiger partial charge is 0.507 e. The molecular formula is C29H35NO5. The number of hydrogen-bond donors (Lipinski definition) is 1. The summed E-state index contributed by atoms with van der Waals surface area (Å²) in [6.07, 6.45) is 7.01. The standard InChI is InChI=1S/C29H35NO5/c1-3-5-8-18-35-23-16-14-20(15-17-23)27(31)25-26(21-10-9-13-24(19-21)34-4-2)30(29(33)28(25)32)22-11-6-7-12-22/h9-10,13-17,19,22,26,31H,3-8,11-12,18H2,1-2H3/b27-25-. The predicted octanol–water partition coefficient (Wildman–Crippen LogP) is 6.02. The van der Waals surface area contributed by atoms with Gasteiger partial charge in [0.1, 0.15) is 17.3 Å². The molecular weight excluding hydrogens is 442 g/mol. The van der Waals surface area contributed by atoms with Gasteiger partial charge in [-0.05, 0) is 68.1 Å². The Morgan fingerprint density at radius 2 is 1.71 bits per heavy atom. The van der Waals surface area contributed by atoms with Crippen molar-refractivity contribution < 1.29 is 24.2 Å². The van der Waals surface area contributed by atoms with Crippen molar-refractivity contribution in [2.24, 2.45) is 0 Å². The van der Waals surface area contributed by atoms with Gasteiger partial charge in [-0.15, -0.1) is 0 Å². The highest BCUT2D eigenvalue weighted by Gasteiger charge is 2.49. The highest BCUT2D eigenvalue weighted by molar-refractivity contribution is 6.46. The molecule has 1 aliphatic carbocycles. The molecule has 1 saturated heterocycles. The average Bonchev–Trinajstić information content (AvgIpc) is 3.49. The average molecular weight is 478 g/mol. The third-order valence-electron chi connectivity index (χ3n) is 6.83. The van der Waals surface area contributed by atoms with E-state index < -0.39 is 17.7 Å². The van der Waals surface area contributed by atoms with Crippen LogP contribution in [0.1, 0.15) is 76.0 Å². The van der Waals surface area contributed by atoms with E-state index in [4.69, 9.17) is 9.47 Å². The van der Waals surface area contributed by atoms with Crippen LogP contribution in [-0.2, 0) is 9.59 Å². The van der Waals surface area contributed by atoms with Crippen LogP contribution < -0.4 is 9.47 Å². The summed E-state index contributed by atoms with van der Waals surface area (Å²) in [5.41, 5.74) is 1.38. The van der Waals surface area contributed by atoms with Crippen molar-refractivity contribution in [3.8, 4) is 11.5 Å². The zero-order chi connectivity index (χ0) is 24.8. The number of ether oxygens (including phenoxy) is 2. The molecule has 0 aromatic heterocycles. The lowest BCUT2D eigenvalue weighted by atomic mass is 9.94. The number of likely N-dealkylation sites (tertiary alicyclic amines) is 1. The van der Waals surface area contributed by atoms with Crippen LogP contribution in [0.2, 0.25) is 0 Å². The fourth-order valence-corrected chi connectivity index (χ4v) is 5.08. The monoisotopic (exact) mass is 477 g/mol. The normalized spacial score (nSPS) is 19.9. The molecule has 6 heteroatoms. The van der Waals surface area contributed by atoms with E-state index in [1.165, 1.54) is 0 Å². The van der Waals surface area contributed by atoms with Crippen molar-refractivity contribution in [3.63, 3.8) is 0 Å². The Kier molecular flexibility index (Phi) is 8.11. The molecule has 4 rings (SSSR count). The molecule has 2 aromatic rings. The van der Waals surface area contributed by atoms with Crippen LogP contribution in [0.4, 0.5) is 0 Å². The highest BCUT2D eigenvalue weighted by atomic mass is 16.5. The van der Waals surface area contributed by atoms with E-state index >= 15 is 0 Å². The third kappa shape index (κ3) is 5.37. The van der Waals surface area contributed by atoms with Gasteiger partial charge in [0.2, 0.25) is 0 Å². The first-order valence-corrected chi connectivity index (χ1v) is 12.8. The summed E-state index contributed by atoms with van der Waals surface area (Å²) < 4.78 is 11.5. The molecule has 6 nitrogen and oxygen atoms in total. The molecule has 0 bridgehead atoms. The van der Waals surface area contributed by atoms with E-state index in [0.29, 0.717) is 30.3 Å². The van der Waals surface area contributed by atoms with Gasteiger partial charge in [-0.25, -0.2) is 0 Å². The maximum Gasteiger partial charge on any atom is 0.295 e. The Balaban J connectivity index is 1.71. The van der Waals surface area contributed by atoms with Gasteiger partial charge in [0.15, 0.2) is 0 Å². The van der Waals surface area contributed by atoms with E-state index in [0.717, 1.165) is 50.5 Å². The summed E-state index contributed by atoms with van der Waals surface area (Å²) in [5, 5.41) is 11.3. The van der Waals surface area contributed by atoms with Crippen LogP contribution in [0.15, 0.2) is 54.1 Å². The van der Waals surface area contributed by atoms with Crippen molar-refractivity contribution >= 4 is 17.4 Å². The molecule has 1 amide bonds. The van der Waals surface area contributed by atoms with Crippen molar-refractivity contribution in [3.05, 3.63) is 65.2 Å². The van der Waals surface area contributed by atoms with Gasteiger partial charge in [0.25, 0.3) is 11.7 Å². The molecule has 2 fully saturated rings. The zero-order valence-corrected chi connectivity index (χ0v) is 20.7. The number of benzene rings is 2. The number of carbonyl (C=O) groups excluding carboxylic acids is 2. The second-order valence-electron chi connectivity index (χ2n) is 9.23.